The maximum Gasteiger partial charge on any atom is 0.175 e. The van der Waals surface area contributed by atoms with Gasteiger partial charge in [0.25, 0.3) is 0 Å². The Kier molecular flexibility index (Phi) is 9.61. The summed E-state index contributed by atoms with van der Waals surface area (Å²) >= 11 is 0. The summed E-state index contributed by atoms with van der Waals surface area (Å²) in [6.45, 7) is 27.3. The Morgan fingerprint density at radius 3 is 1.00 bits per heavy atom. The van der Waals surface area contributed by atoms with Gasteiger partial charge < -0.3 is 0 Å². The van der Waals surface area contributed by atoms with Crippen LogP contribution in [0.25, 0.3) is 0 Å². The first kappa shape index (κ1) is 21.3. The molecular weight excluding hydrogens is 295 g/mol. The molecular formula is C15H39N4PSi. The van der Waals surface area contributed by atoms with E-state index in [2.05, 4.69) is 75.2 Å². The zero-order valence-electron chi connectivity index (χ0n) is 16.0. The molecule has 0 amide bonds. The van der Waals surface area contributed by atoms with Crippen LogP contribution in [0.5, 0.6) is 0 Å². The smallest absolute Gasteiger partial charge is 0.175 e. The fourth-order valence-corrected chi connectivity index (χ4v) is 11.0. The zero-order valence-corrected chi connectivity index (χ0v) is 17.9. The third-order valence-electron chi connectivity index (χ3n) is 3.76. The minimum Gasteiger partial charge on any atom is -0.300 e. The monoisotopic (exact) mass is 334 g/mol. The fraction of sp³-hybridized carbons (Fsp3) is 1.00. The molecule has 0 rings (SSSR count). The van der Waals surface area contributed by atoms with Crippen molar-refractivity contribution in [1.29, 1.82) is 0 Å². The van der Waals surface area contributed by atoms with Crippen LogP contribution in [0, 0.1) is 0 Å². The van der Waals surface area contributed by atoms with E-state index in [4.69, 9.17) is 4.41 Å². The van der Waals surface area contributed by atoms with Crippen LogP contribution in [-0.4, -0.2) is 61.5 Å². The van der Waals surface area contributed by atoms with Crippen LogP contribution >= 0.6 is 7.51 Å². The second-order valence-electron chi connectivity index (χ2n) is 6.22. The summed E-state index contributed by atoms with van der Waals surface area (Å²) in [5.74, 6) is 0. The van der Waals surface area contributed by atoms with Crippen LogP contribution in [-0.2, 0) is 0 Å². The quantitative estimate of drug-likeness (QED) is 0.423. The van der Waals surface area contributed by atoms with Crippen molar-refractivity contribution >= 4 is 15.7 Å². The third kappa shape index (κ3) is 5.17. The Morgan fingerprint density at radius 1 is 0.619 bits per heavy atom. The molecule has 0 saturated carbocycles. The summed E-state index contributed by atoms with van der Waals surface area (Å²) in [6.07, 6.45) is 0. The molecule has 128 valence electrons. The molecule has 4 nitrogen and oxygen atoms in total. The molecule has 0 aromatic heterocycles. The van der Waals surface area contributed by atoms with Gasteiger partial charge in [-0.2, -0.15) is 0 Å². The average Bonchev–Trinajstić information content (AvgIpc) is 2.40. The Morgan fingerprint density at radius 2 is 0.857 bits per heavy atom. The lowest BCUT2D eigenvalue weighted by Crippen LogP contribution is -2.42. The van der Waals surface area contributed by atoms with Gasteiger partial charge in [-0.15, -0.1) is 0 Å². The van der Waals surface area contributed by atoms with Gasteiger partial charge in [0, 0.05) is 39.3 Å². The Hall–Kier alpha value is 0.327. The summed E-state index contributed by atoms with van der Waals surface area (Å²) in [7, 11) is -3.29. The number of hydrogen-bond donors (Lipinski definition) is 0. The van der Waals surface area contributed by atoms with E-state index < -0.39 is 15.7 Å². The molecule has 6 heteroatoms. The van der Waals surface area contributed by atoms with E-state index in [1.165, 1.54) is 0 Å². The van der Waals surface area contributed by atoms with Crippen LogP contribution < -0.4 is 0 Å². The molecule has 0 radical (unpaired) electrons. The maximum absolute atomic E-state index is 5.59. The maximum atomic E-state index is 5.59. The van der Waals surface area contributed by atoms with Crippen LogP contribution in [0.4, 0.5) is 0 Å². The summed E-state index contributed by atoms with van der Waals surface area (Å²) in [4.78, 5) is 0. The predicted molar refractivity (Wildman–Crippen MR) is 101 cm³/mol. The Labute approximate surface area is 135 Å². The molecule has 0 aromatic carbocycles. The second kappa shape index (κ2) is 9.46. The third-order valence-corrected chi connectivity index (χ3v) is 11.2. The van der Waals surface area contributed by atoms with Crippen LogP contribution in [0.3, 0.4) is 0 Å². The molecule has 0 atom stereocenters. The first-order chi connectivity index (χ1) is 9.77. The molecule has 0 aliphatic rings. The highest BCUT2D eigenvalue weighted by molar-refractivity contribution is 7.60. The van der Waals surface area contributed by atoms with Crippen molar-refractivity contribution in [3.8, 4) is 0 Å². The van der Waals surface area contributed by atoms with E-state index in [0.717, 1.165) is 39.3 Å². The highest BCUT2D eigenvalue weighted by Gasteiger charge is 2.38. The molecule has 0 fully saturated rings. The van der Waals surface area contributed by atoms with E-state index >= 15 is 0 Å². The van der Waals surface area contributed by atoms with E-state index in [-0.39, 0.29) is 0 Å². The fourth-order valence-electron chi connectivity index (χ4n) is 2.94. The van der Waals surface area contributed by atoms with Crippen molar-refractivity contribution in [3.05, 3.63) is 0 Å². The van der Waals surface area contributed by atoms with Crippen molar-refractivity contribution in [2.24, 2.45) is 4.41 Å². The van der Waals surface area contributed by atoms with Crippen LogP contribution in [0.15, 0.2) is 4.41 Å². The molecule has 0 spiro atoms. The van der Waals surface area contributed by atoms with E-state index in [0.29, 0.717) is 0 Å². The van der Waals surface area contributed by atoms with Gasteiger partial charge in [-0.25, -0.2) is 14.0 Å². The number of rotatable bonds is 10. The van der Waals surface area contributed by atoms with Crippen molar-refractivity contribution in [2.75, 3.05) is 39.3 Å². The number of nitrogens with zero attached hydrogens (tertiary/aromatic N) is 4. The highest BCUT2D eigenvalue weighted by Crippen LogP contribution is 2.60. The number of hydrogen-bond acceptors (Lipinski definition) is 1. The van der Waals surface area contributed by atoms with Crippen LogP contribution in [0.1, 0.15) is 41.5 Å². The highest BCUT2D eigenvalue weighted by atomic mass is 31.2. The first-order valence-electron chi connectivity index (χ1n) is 8.66. The molecule has 0 saturated heterocycles. The van der Waals surface area contributed by atoms with Gasteiger partial charge in [-0.05, 0) is 19.6 Å². The molecule has 0 bridgehead atoms. The Balaban J connectivity index is 6.39. The normalized spacial score (nSPS) is 13.5. The molecule has 0 aliphatic carbocycles. The van der Waals surface area contributed by atoms with Crippen molar-refractivity contribution < 1.29 is 0 Å². The summed E-state index contributed by atoms with van der Waals surface area (Å²) < 4.78 is 13.5. The minimum absolute atomic E-state index is 1.07. The van der Waals surface area contributed by atoms with Gasteiger partial charge in [0.2, 0.25) is 0 Å². The summed E-state index contributed by atoms with van der Waals surface area (Å²) in [5.41, 5.74) is 0. The second-order valence-corrected chi connectivity index (χ2v) is 14.1. The lowest BCUT2D eigenvalue weighted by atomic mass is 10.7. The average molecular weight is 335 g/mol. The standard InChI is InChI=1S/C15H39N4PSi/c1-10-17(11-2)20(16-21(7,8)9,18(12-3)13-4)19(14-5)15-6/h10-15H2,1-9H3. The lowest BCUT2D eigenvalue weighted by molar-refractivity contribution is 0.340. The predicted octanol–water partition coefficient (Wildman–Crippen LogP) is 4.79. The molecule has 0 heterocycles. The summed E-state index contributed by atoms with van der Waals surface area (Å²) in [6, 6.07) is 0. The van der Waals surface area contributed by atoms with E-state index in [1.807, 2.05) is 0 Å². The van der Waals surface area contributed by atoms with Gasteiger partial charge in [-0.3, -0.25) is 4.41 Å². The SMILES string of the molecule is CCN(CC)P(=N[Si](C)(C)C)(N(CC)CC)N(CC)CC. The van der Waals surface area contributed by atoms with Gasteiger partial charge in [0.1, 0.15) is 0 Å². The first-order valence-corrected chi connectivity index (χ1v) is 13.7. The molecule has 0 aliphatic heterocycles. The Bertz CT molecular complexity index is 291. The zero-order chi connectivity index (χ0) is 16.7. The van der Waals surface area contributed by atoms with Crippen LogP contribution in [0.2, 0.25) is 19.6 Å². The van der Waals surface area contributed by atoms with Gasteiger partial charge >= 0.3 is 0 Å². The molecule has 0 N–H and O–H groups in total. The van der Waals surface area contributed by atoms with Crippen molar-refractivity contribution in [2.45, 2.75) is 61.2 Å². The molecule has 0 unspecified atom stereocenters. The molecule has 0 aromatic rings. The summed E-state index contributed by atoms with van der Waals surface area (Å²) in [5, 5.41) is 0. The molecule has 21 heavy (non-hydrogen) atoms. The van der Waals surface area contributed by atoms with E-state index in [9.17, 15) is 0 Å². The van der Waals surface area contributed by atoms with Gasteiger partial charge in [-0.1, -0.05) is 41.5 Å². The van der Waals surface area contributed by atoms with Crippen molar-refractivity contribution in [3.63, 3.8) is 0 Å². The lowest BCUT2D eigenvalue weighted by Gasteiger charge is -2.49. The van der Waals surface area contributed by atoms with Crippen molar-refractivity contribution in [1.82, 2.24) is 14.0 Å². The van der Waals surface area contributed by atoms with E-state index in [1.54, 1.807) is 0 Å². The minimum atomic E-state index is -1.76. The largest absolute Gasteiger partial charge is 0.300 e. The van der Waals surface area contributed by atoms with Gasteiger partial charge in [0.15, 0.2) is 15.7 Å². The topological polar surface area (TPSA) is 22.1 Å². The van der Waals surface area contributed by atoms with Gasteiger partial charge in [0.05, 0.1) is 0 Å².